The standard InChI is InChI=1S/C19H20FN3O3/c1-2-11-21-18(25)13-7-9-14(10-8-13)23-17(24)12-22-19(26)15-5-3-4-6-16(15)20/h3-10H,2,11-12H2,1H3,(H,21,25)(H,22,26)(H,23,24). The molecule has 0 aliphatic heterocycles. The van der Waals surface area contributed by atoms with Crippen LogP contribution >= 0.6 is 0 Å². The van der Waals surface area contributed by atoms with E-state index in [1.54, 1.807) is 24.3 Å². The van der Waals surface area contributed by atoms with Crippen LogP contribution in [0.3, 0.4) is 0 Å². The van der Waals surface area contributed by atoms with Crippen LogP contribution in [0.4, 0.5) is 10.1 Å². The average molecular weight is 357 g/mol. The summed E-state index contributed by atoms with van der Waals surface area (Å²) >= 11 is 0. The lowest BCUT2D eigenvalue weighted by Gasteiger charge is -2.08. The Labute approximate surface area is 150 Å². The van der Waals surface area contributed by atoms with Crippen LogP contribution in [0.15, 0.2) is 48.5 Å². The smallest absolute Gasteiger partial charge is 0.254 e. The van der Waals surface area contributed by atoms with Crippen LogP contribution in [-0.4, -0.2) is 30.8 Å². The number of carbonyl (C=O) groups is 3. The Morgan fingerprint density at radius 3 is 2.27 bits per heavy atom. The van der Waals surface area contributed by atoms with Crippen molar-refractivity contribution in [2.45, 2.75) is 13.3 Å². The van der Waals surface area contributed by atoms with Crippen molar-refractivity contribution in [3.8, 4) is 0 Å². The molecule has 0 bridgehead atoms. The summed E-state index contributed by atoms with van der Waals surface area (Å²) in [6.45, 7) is 2.26. The Kier molecular flexibility index (Phi) is 6.84. The van der Waals surface area contributed by atoms with E-state index in [0.717, 1.165) is 6.42 Å². The molecule has 3 N–H and O–H groups in total. The zero-order valence-electron chi connectivity index (χ0n) is 14.3. The third-order valence-corrected chi connectivity index (χ3v) is 3.49. The highest BCUT2D eigenvalue weighted by Crippen LogP contribution is 2.10. The number of nitrogens with one attached hydrogen (secondary N) is 3. The van der Waals surface area contributed by atoms with E-state index in [4.69, 9.17) is 0 Å². The normalized spacial score (nSPS) is 10.1. The Balaban J connectivity index is 1.85. The van der Waals surface area contributed by atoms with Gasteiger partial charge in [0.25, 0.3) is 11.8 Å². The van der Waals surface area contributed by atoms with Crippen molar-refractivity contribution in [2.75, 3.05) is 18.4 Å². The average Bonchev–Trinajstić information content (AvgIpc) is 2.65. The number of hydrogen-bond donors (Lipinski definition) is 3. The number of amides is 3. The summed E-state index contributed by atoms with van der Waals surface area (Å²) < 4.78 is 13.5. The van der Waals surface area contributed by atoms with Crippen LogP contribution in [0, 0.1) is 5.82 Å². The Bertz CT molecular complexity index is 791. The fourth-order valence-corrected chi connectivity index (χ4v) is 2.15. The van der Waals surface area contributed by atoms with E-state index in [1.807, 2.05) is 6.92 Å². The van der Waals surface area contributed by atoms with Gasteiger partial charge >= 0.3 is 0 Å². The van der Waals surface area contributed by atoms with E-state index in [2.05, 4.69) is 16.0 Å². The van der Waals surface area contributed by atoms with Crippen LogP contribution < -0.4 is 16.0 Å². The zero-order chi connectivity index (χ0) is 18.9. The number of halogens is 1. The van der Waals surface area contributed by atoms with Gasteiger partial charge < -0.3 is 16.0 Å². The molecule has 0 saturated heterocycles. The SMILES string of the molecule is CCCNC(=O)c1ccc(NC(=O)CNC(=O)c2ccccc2F)cc1. The van der Waals surface area contributed by atoms with Gasteiger partial charge in [-0.25, -0.2) is 4.39 Å². The van der Waals surface area contributed by atoms with Gasteiger partial charge in [-0.2, -0.15) is 0 Å². The molecule has 7 heteroatoms. The predicted octanol–water partition coefficient (Wildman–Crippen LogP) is 2.33. The summed E-state index contributed by atoms with van der Waals surface area (Å²) in [6.07, 6.45) is 0.846. The van der Waals surface area contributed by atoms with Gasteiger partial charge in [-0.05, 0) is 42.8 Å². The molecule has 0 fully saturated rings. The molecule has 0 radical (unpaired) electrons. The van der Waals surface area contributed by atoms with Crippen molar-refractivity contribution < 1.29 is 18.8 Å². The van der Waals surface area contributed by atoms with E-state index >= 15 is 0 Å². The second-order valence-corrected chi connectivity index (χ2v) is 5.54. The lowest BCUT2D eigenvalue weighted by molar-refractivity contribution is -0.115. The third kappa shape index (κ3) is 5.41. The fourth-order valence-electron chi connectivity index (χ4n) is 2.15. The minimum Gasteiger partial charge on any atom is -0.352 e. The van der Waals surface area contributed by atoms with Gasteiger partial charge in [-0.3, -0.25) is 14.4 Å². The molecule has 0 spiro atoms. The molecule has 0 atom stereocenters. The summed E-state index contributed by atoms with van der Waals surface area (Å²) in [5, 5.41) is 7.71. The predicted molar refractivity (Wildman–Crippen MR) is 96.4 cm³/mol. The molecule has 2 aromatic rings. The van der Waals surface area contributed by atoms with Crippen molar-refractivity contribution in [3.63, 3.8) is 0 Å². The molecule has 2 aromatic carbocycles. The summed E-state index contributed by atoms with van der Waals surface area (Å²) in [6, 6.07) is 11.9. The minimum atomic E-state index is -0.666. The summed E-state index contributed by atoms with van der Waals surface area (Å²) in [7, 11) is 0. The van der Waals surface area contributed by atoms with Crippen LogP contribution in [0.2, 0.25) is 0 Å². The van der Waals surface area contributed by atoms with E-state index in [0.29, 0.717) is 17.8 Å². The lowest BCUT2D eigenvalue weighted by atomic mass is 10.2. The maximum atomic E-state index is 13.5. The molecule has 3 amide bonds. The maximum Gasteiger partial charge on any atom is 0.254 e. The summed E-state index contributed by atoms with van der Waals surface area (Å²) in [4.78, 5) is 35.5. The second kappa shape index (κ2) is 9.31. The van der Waals surface area contributed by atoms with Crippen LogP contribution in [0.5, 0.6) is 0 Å². The van der Waals surface area contributed by atoms with E-state index in [1.165, 1.54) is 24.3 Å². The van der Waals surface area contributed by atoms with Gasteiger partial charge in [-0.15, -0.1) is 0 Å². The quantitative estimate of drug-likeness (QED) is 0.711. The molecule has 2 rings (SSSR count). The van der Waals surface area contributed by atoms with Crippen molar-refractivity contribution in [1.29, 1.82) is 0 Å². The van der Waals surface area contributed by atoms with Crippen molar-refractivity contribution >= 4 is 23.4 Å². The number of hydrogen-bond acceptors (Lipinski definition) is 3. The van der Waals surface area contributed by atoms with E-state index < -0.39 is 17.6 Å². The molecule has 136 valence electrons. The highest BCUT2D eigenvalue weighted by molar-refractivity contribution is 6.00. The number of rotatable bonds is 7. The first-order chi connectivity index (χ1) is 12.5. The highest BCUT2D eigenvalue weighted by atomic mass is 19.1. The minimum absolute atomic E-state index is 0.122. The maximum absolute atomic E-state index is 13.5. The van der Waals surface area contributed by atoms with Gasteiger partial charge in [-0.1, -0.05) is 19.1 Å². The Morgan fingerprint density at radius 2 is 1.62 bits per heavy atom. The van der Waals surface area contributed by atoms with Crippen molar-refractivity contribution in [1.82, 2.24) is 10.6 Å². The third-order valence-electron chi connectivity index (χ3n) is 3.49. The molecule has 0 aromatic heterocycles. The molecular formula is C19H20FN3O3. The molecule has 6 nitrogen and oxygen atoms in total. The van der Waals surface area contributed by atoms with Crippen molar-refractivity contribution in [2.24, 2.45) is 0 Å². The van der Waals surface area contributed by atoms with E-state index in [-0.39, 0.29) is 18.0 Å². The topological polar surface area (TPSA) is 87.3 Å². The Morgan fingerprint density at radius 1 is 0.923 bits per heavy atom. The van der Waals surface area contributed by atoms with E-state index in [9.17, 15) is 18.8 Å². The van der Waals surface area contributed by atoms with Gasteiger partial charge in [0.2, 0.25) is 5.91 Å². The molecule has 0 unspecified atom stereocenters. The summed E-state index contributed by atoms with van der Waals surface area (Å²) in [5.74, 6) is -1.96. The van der Waals surface area contributed by atoms with Gasteiger partial charge in [0, 0.05) is 17.8 Å². The van der Waals surface area contributed by atoms with Crippen LogP contribution in [0.25, 0.3) is 0 Å². The molecular weight excluding hydrogens is 337 g/mol. The summed E-state index contributed by atoms with van der Waals surface area (Å²) in [5.41, 5.74) is 0.856. The number of anilines is 1. The van der Waals surface area contributed by atoms with Crippen LogP contribution in [0.1, 0.15) is 34.1 Å². The van der Waals surface area contributed by atoms with Gasteiger partial charge in [0.1, 0.15) is 5.82 Å². The monoisotopic (exact) mass is 357 g/mol. The van der Waals surface area contributed by atoms with Crippen LogP contribution in [-0.2, 0) is 4.79 Å². The molecule has 0 aliphatic rings. The fraction of sp³-hybridized carbons (Fsp3) is 0.211. The number of carbonyl (C=O) groups excluding carboxylic acids is 3. The first-order valence-corrected chi connectivity index (χ1v) is 8.22. The molecule has 0 aliphatic carbocycles. The zero-order valence-corrected chi connectivity index (χ0v) is 14.3. The molecule has 0 saturated carbocycles. The van der Waals surface area contributed by atoms with Crippen molar-refractivity contribution in [3.05, 3.63) is 65.5 Å². The molecule has 0 heterocycles. The van der Waals surface area contributed by atoms with Gasteiger partial charge in [0.05, 0.1) is 12.1 Å². The largest absolute Gasteiger partial charge is 0.352 e. The first-order valence-electron chi connectivity index (χ1n) is 8.22. The highest BCUT2D eigenvalue weighted by Gasteiger charge is 2.12. The first kappa shape index (κ1) is 19.1. The Hall–Kier alpha value is -3.22. The lowest BCUT2D eigenvalue weighted by Crippen LogP contribution is -2.33. The second-order valence-electron chi connectivity index (χ2n) is 5.54. The molecule has 26 heavy (non-hydrogen) atoms. The van der Waals surface area contributed by atoms with Gasteiger partial charge in [0.15, 0.2) is 0 Å². The number of benzene rings is 2.